The molecule has 0 unspecified atom stereocenters. The van der Waals surface area contributed by atoms with Crippen molar-refractivity contribution in [2.24, 2.45) is 0 Å². The molecule has 0 spiro atoms. The van der Waals surface area contributed by atoms with Gasteiger partial charge in [-0.2, -0.15) is 0 Å². The summed E-state index contributed by atoms with van der Waals surface area (Å²) in [5.41, 5.74) is 6.16. The van der Waals surface area contributed by atoms with Gasteiger partial charge in [-0.1, -0.05) is 23.7 Å². The normalized spacial score (nSPS) is 10.7. The molecule has 0 radical (unpaired) electrons. The quantitative estimate of drug-likeness (QED) is 0.659. The lowest BCUT2D eigenvalue weighted by atomic mass is 9.99. The summed E-state index contributed by atoms with van der Waals surface area (Å²) in [7, 11) is 0. The summed E-state index contributed by atoms with van der Waals surface area (Å²) in [4.78, 5) is 16.8. The van der Waals surface area contributed by atoms with Crippen molar-refractivity contribution in [1.29, 1.82) is 0 Å². The highest BCUT2D eigenvalue weighted by molar-refractivity contribution is 7.14. The Hall–Kier alpha value is -2.17. The van der Waals surface area contributed by atoms with Crippen LogP contribution in [0, 0.1) is 20.8 Å². The molecule has 1 N–H and O–H groups in total. The van der Waals surface area contributed by atoms with Crippen LogP contribution in [0.5, 0.6) is 0 Å². The van der Waals surface area contributed by atoms with Crippen LogP contribution in [0.3, 0.4) is 0 Å². The number of thiazole rings is 1. The Morgan fingerprint density at radius 1 is 1.08 bits per heavy atom. The summed E-state index contributed by atoms with van der Waals surface area (Å²) in [6.45, 7) is 6.27. The van der Waals surface area contributed by atoms with E-state index in [1.165, 1.54) is 28.0 Å². The number of benzene rings is 2. The van der Waals surface area contributed by atoms with Gasteiger partial charge in [0.25, 0.3) is 5.91 Å². The highest BCUT2D eigenvalue weighted by atomic mass is 35.5. The molecule has 0 bridgehead atoms. The van der Waals surface area contributed by atoms with Crippen molar-refractivity contribution in [2.75, 3.05) is 5.32 Å². The number of halogens is 1. The van der Waals surface area contributed by atoms with E-state index in [0.717, 1.165) is 11.3 Å². The number of hydrogen-bond donors (Lipinski definition) is 1. The molecule has 5 heteroatoms. The second-order valence-corrected chi connectivity index (χ2v) is 7.05. The number of nitrogens with zero attached hydrogens (tertiary/aromatic N) is 1. The molecule has 3 nitrogen and oxygen atoms in total. The molecule has 24 heavy (non-hydrogen) atoms. The van der Waals surface area contributed by atoms with Gasteiger partial charge in [0.05, 0.1) is 5.69 Å². The molecule has 122 valence electrons. The maximum atomic E-state index is 12.3. The topological polar surface area (TPSA) is 42.0 Å². The lowest BCUT2D eigenvalue weighted by Gasteiger charge is -2.07. The molecule has 3 aromatic rings. The van der Waals surface area contributed by atoms with Crippen LogP contribution in [0.2, 0.25) is 5.02 Å². The van der Waals surface area contributed by atoms with E-state index in [4.69, 9.17) is 11.6 Å². The fourth-order valence-electron chi connectivity index (χ4n) is 2.49. The number of carbonyl (C=O) groups excluding carboxylic acids is 1. The molecule has 0 saturated carbocycles. The Bertz CT molecular complexity index is 917. The van der Waals surface area contributed by atoms with E-state index in [0.29, 0.717) is 15.7 Å². The van der Waals surface area contributed by atoms with E-state index in [1.54, 1.807) is 24.3 Å². The molecule has 1 amide bonds. The van der Waals surface area contributed by atoms with Gasteiger partial charge in [0, 0.05) is 21.5 Å². The predicted octanol–water partition coefficient (Wildman–Crippen LogP) is 5.64. The maximum absolute atomic E-state index is 12.3. The predicted molar refractivity (Wildman–Crippen MR) is 101 cm³/mol. The van der Waals surface area contributed by atoms with Crippen molar-refractivity contribution in [3.05, 3.63) is 69.1 Å². The summed E-state index contributed by atoms with van der Waals surface area (Å²) < 4.78 is 0. The van der Waals surface area contributed by atoms with Crippen molar-refractivity contribution in [3.8, 4) is 11.3 Å². The summed E-state index contributed by atoms with van der Waals surface area (Å²) >= 11 is 7.34. The SMILES string of the molecule is Cc1cc(C)c(-c2csc(NC(=O)c3cccc(Cl)c3)n2)cc1C. The molecular weight excluding hydrogens is 340 g/mol. The minimum Gasteiger partial charge on any atom is -0.298 e. The molecule has 0 aliphatic rings. The van der Waals surface area contributed by atoms with Crippen molar-refractivity contribution in [2.45, 2.75) is 20.8 Å². The third-order valence-electron chi connectivity index (χ3n) is 3.93. The zero-order valence-corrected chi connectivity index (χ0v) is 15.3. The van der Waals surface area contributed by atoms with Crippen molar-refractivity contribution in [3.63, 3.8) is 0 Å². The second kappa shape index (κ2) is 6.75. The van der Waals surface area contributed by atoms with Crippen molar-refractivity contribution < 1.29 is 4.79 Å². The maximum Gasteiger partial charge on any atom is 0.257 e. The number of amides is 1. The second-order valence-electron chi connectivity index (χ2n) is 5.75. The number of anilines is 1. The van der Waals surface area contributed by atoms with Crippen LogP contribution in [0.1, 0.15) is 27.0 Å². The molecule has 1 heterocycles. The van der Waals surface area contributed by atoms with Crippen LogP contribution in [-0.4, -0.2) is 10.9 Å². The largest absolute Gasteiger partial charge is 0.298 e. The number of aromatic nitrogens is 1. The number of carbonyl (C=O) groups is 1. The number of rotatable bonds is 3. The van der Waals surface area contributed by atoms with Crippen molar-refractivity contribution >= 4 is 34.0 Å². The third kappa shape index (κ3) is 3.50. The van der Waals surface area contributed by atoms with Gasteiger partial charge < -0.3 is 0 Å². The first-order chi connectivity index (χ1) is 11.4. The Morgan fingerprint density at radius 2 is 1.83 bits per heavy atom. The monoisotopic (exact) mass is 356 g/mol. The zero-order valence-electron chi connectivity index (χ0n) is 13.7. The van der Waals surface area contributed by atoms with Gasteiger partial charge in [0.1, 0.15) is 0 Å². The minimum atomic E-state index is -0.213. The number of nitrogens with one attached hydrogen (secondary N) is 1. The standard InChI is InChI=1S/C19H17ClN2OS/c1-11-7-13(3)16(8-12(11)2)17-10-24-19(21-17)22-18(23)14-5-4-6-15(20)9-14/h4-10H,1-3H3,(H,21,22,23). The molecule has 2 aromatic carbocycles. The molecule has 0 saturated heterocycles. The highest BCUT2D eigenvalue weighted by Gasteiger charge is 2.12. The van der Waals surface area contributed by atoms with Gasteiger partial charge in [-0.3, -0.25) is 10.1 Å². The van der Waals surface area contributed by atoms with Crippen LogP contribution in [-0.2, 0) is 0 Å². The van der Waals surface area contributed by atoms with Gasteiger partial charge >= 0.3 is 0 Å². The summed E-state index contributed by atoms with van der Waals surface area (Å²) in [5, 5.41) is 5.91. The molecular formula is C19H17ClN2OS. The smallest absolute Gasteiger partial charge is 0.257 e. The Kier molecular flexibility index (Phi) is 4.69. The number of aryl methyl sites for hydroxylation is 3. The van der Waals surface area contributed by atoms with E-state index < -0.39 is 0 Å². The van der Waals surface area contributed by atoms with E-state index in [9.17, 15) is 4.79 Å². The molecule has 0 fully saturated rings. The van der Waals surface area contributed by atoms with Crippen molar-refractivity contribution in [1.82, 2.24) is 4.98 Å². The van der Waals surface area contributed by atoms with Crippen LogP contribution in [0.4, 0.5) is 5.13 Å². The first kappa shape index (κ1) is 16.7. The first-order valence-corrected chi connectivity index (χ1v) is 8.80. The van der Waals surface area contributed by atoms with E-state index in [-0.39, 0.29) is 5.91 Å². The Morgan fingerprint density at radius 3 is 2.58 bits per heavy atom. The zero-order chi connectivity index (χ0) is 17.3. The lowest BCUT2D eigenvalue weighted by molar-refractivity contribution is 0.102. The number of hydrogen-bond acceptors (Lipinski definition) is 3. The fourth-order valence-corrected chi connectivity index (χ4v) is 3.39. The van der Waals surface area contributed by atoms with Gasteiger partial charge in [-0.25, -0.2) is 4.98 Å². The molecule has 0 aliphatic carbocycles. The average Bonchev–Trinajstić information content (AvgIpc) is 2.99. The van der Waals surface area contributed by atoms with Gasteiger partial charge in [-0.15, -0.1) is 11.3 Å². The molecule has 0 atom stereocenters. The van der Waals surface area contributed by atoms with E-state index >= 15 is 0 Å². The summed E-state index contributed by atoms with van der Waals surface area (Å²) in [6, 6.07) is 11.2. The Balaban J connectivity index is 1.84. The van der Waals surface area contributed by atoms with E-state index in [1.807, 2.05) is 5.38 Å². The van der Waals surface area contributed by atoms with Gasteiger partial charge in [-0.05, 0) is 61.7 Å². The minimum absolute atomic E-state index is 0.213. The Labute approximate surface area is 150 Å². The van der Waals surface area contributed by atoms with Gasteiger partial charge in [0.15, 0.2) is 5.13 Å². The average molecular weight is 357 g/mol. The van der Waals surface area contributed by atoms with Crippen LogP contribution in [0.15, 0.2) is 41.8 Å². The summed E-state index contributed by atoms with van der Waals surface area (Å²) in [5.74, 6) is -0.213. The third-order valence-corrected chi connectivity index (χ3v) is 4.92. The molecule has 1 aromatic heterocycles. The van der Waals surface area contributed by atoms with Crippen LogP contribution < -0.4 is 5.32 Å². The fraction of sp³-hybridized carbons (Fsp3) is 0.158. The lowest BCUT2D eigenvalue weighted by Crippen LogP contribution is -2.11. The molecule has 0 aliphatic heterocycles. The van der Waals surface area contributed by atoms with Crippen LogP contribution >= 0.6 is 22.9 Å². The summed E-state index contributed by atoms with van der Waals surface area (Å²) in [6.07, 6.45) is 0. The van der Waals surface area contributed by atoms with Gasteiger partial charge in [0.2, 0.25) is 0 Å². The van der Waals surface area contributed by atoms with Crippen LogP contribution in [0.25, 0.3) is 11.3 Å². The van der Waals surface area contributed by atoms with E-state index in [2.05, 4.69) is 43.2 Å². The highest BCUT2D eigenvalue weighted by Crippen LogP contribution is 2.29. The first-order valence-electron chi connectivity index (χ1n) is 7.54. The molecule has 3 rings (SSSR count).